The third kappa shape index (κ3) is 4.05. The van der Waals surface area contributed by atoms with Crippen molar-refractivity contribution < 1.29 is 9.90 Å². The molecule has 21 heavy (non-hydrogen) atoms. The highest BCUT2D eigenvalue weighted by Crippen LogP contribution is 2.34. The van der Waals surface area contributed by atoms with E-state index in [1.807, 2.05) is 31.2 Å². The Morgan fingerprint density at radius 1 is 1.29 bits per heavy atom. The number of allylic oxidation sites excluding steroid dienone is 2. The van der Waals surface area contributed by atoms with E-state index in [1.165, 1.54) is 25.2 Å². The molecule has 2 N–H and O–H groups in total. The van der Waals surface area contributed by atoms with E-state index in [1.54, 1.807) is 0 Å². The third-order valence-corrected chi connectivity index (χ3v) is 4.81. The Morgan fingerprint density at radius 3 is 2.62 bits per heavy atom. The first-order chi connectivity index (χ1) is 9.97. The van der Waals surface area contributed by atoms with E-state index < -0.39 is 0 Å². The highest BCUT2D eigenvalue weighted by molar-refractivity contribution is 8.05. The van der Waals surface area contributed by atoms with Gasteiger partial charge in [0, 0.05) is 5.69 Å². The van der Waals surface area contributed by atoms with Crippen LogP contribution in [0.25, 0.3) is 0 Å². The number of thioether (sulfide) groups is 1. The van der Waals surface area contributed by atoms with Gasteiger partial charge in [0.15, 0.2) is 10.1 Å². The normalized spacial score (nSPS) is 12.0. The number of carbonyl (C=O) groups is 1. The molecule has 0 aliphatic carbocycles. The van der Waals surface area contributed by atoms with Crippen molar-refractivity contribution in [1.29, 1.82) is 0 Å². The number of benzene rings is 1. The van der Waals surface area contributed by atoms with Crippen LogP contribution in [-0.2, 0) is 4.79 Å². The Balaban J connectivity index is 2.14. The fourth-order valence-electron chi connectivity index (χ4n) is 1.62. The van der Waals surface area contributed by atoms with Crippen LogP contribution in [0.15, 0.2) is 39.3 Å². The smallest absolute Gasteiger partial charge is 0.210 e. The molecule has 1 aromatic carbocycles. The summed E-state index contributed by atoms with van der Waals surface area (Å²) in [6.45, 7) is 4.90. The molecular formula is C14H15N3O2S2. The van der Waals surface area contributed by atoms with Crippen LogP contribution in [0.3, 0.4) is 0 Å². The number of aryl methyl sites for hydroxylation is 1. The van der Waals surface area contributed by atoms with Gasteiger partial charge in [0.05, 0.1) is 4.91 Å². The molecule has 0 aliphatic rings. The molecule has 0 atom stereocenters. The maximum absolute atomic E-state index is 11.4. The number of rotatable bonds is 5. The second-order valence-electron chi connectivity index (χ2n) is 4.39. The van der Waals surface area contributed by atoms with Crippen LogP contribution in [-0.4, -0.2) is 21.1 Å². The average Bonchev–Trinajstić information content (AvgIpc) is 2.85. The summed E-state index contributed by atoms with van der Waals surface area (Å²) >= 11 is 2.46. The number of aliphatic hydroxyl groups excluding tert-OH is 1. The van der Waals surface area contributed by atoms with Gasteiger partial charge in [-0.15, -0.1) is 10.2 Å². The summed E-state index contributed by atoms with van der Waals surface area (Å²) in [5.41, 5.74) is 2.07. The van der Waals surface area contributed by atoms with Crippen molar-refractivity contribution in [3.05, 3.63) is 40.5 Å². The van der Waals surface area contributed by atoms with E-state index in [9.17, 15) is 9.90 Å². The van der Waals surface area contributed by atoms with Crippen LogP contribution >= 0.6 is 23.1 Å². The molecule has 0 fully saturated rings. The van der Waals surface area contributed by atoms with E-state index in [4.69, 9.17) is 0 Å². The summed E-state index contributed by atoms with van der Waals surface area (Å²) in [5.74, 6) is -0.195. The minimum absolute atomic E-state index is 0.00360. The van der Waals surface area contributed by atoms with E-state index in [2.05, 4.69) is 15.5 Å². The van der Waals surface area contributed by atoms with E-state index in [-0.39, 0.29) is 16.4 Å². The molecule has 110 valence electrons. The van der Waals surface area contributed by atoms with Gasteiger partial charge in [0.25, 0.3) is 0 Å². The predicted octanol–water partition coefficient (Wildman–Crippen LogP) is 4.06. The Hall–Kier alpha value is -1.86. The molecule has 0 amide bonds. The second-order valence-corrected chi connectivity index (χ2v) is 6.62. The SMILES string of the molecule is CC(=O)/C(Sc1nnc(Nc2ccccc2C)s1)=C(\C)O. The number of nitrogens with zero attached hydrogens (tertiary/aromatic N) is 2. The third-order valence-electron chi connectivity index (χ3n) is 2.63. The monoisotopic (exact) mass is 321 g/mol. The molecule has 0 radical (unpaired) electrons. The topological polar surface area (TPSA) is 75.1 Å². The molecule has 0 unspecified atom stereocenters. The van der Waals surface area contributed by atoms with Gasteiger partial charge in [-0.1, -0.05) is 29.5 Å². The summed E-state index contributed by atoms with van der Waals surface area (Å²) in [6, 6.07) is 7.88. The molecule has 0 saturated heterocycles. The van der Waals surface area contributed by atoms with Gasteiger partial charge in [-0.05, 0) is 44.2 Å². The second kappa shape index (κ2) is 6.73. The Morgan fingerprint density at radius 2 is 2.00 bits per heavy atom. The summed E-state index contributed by atoms with van der Waals surface area (Å²) in [5, 5.41) is 21.4. The van der Waals surface area contributed by atoms with Crippen molar-refractivity contribution in [1.82, 2.24) is 10.2 Å². The zero-order valence-corrected chi connectivity index (χ0v) is 13.5. The number of anilines is 2. The Bertz CT molecular complexity index is 691. The van der Waals surface area contributed by atoms with Crippen molar-refractivity contribution in [3.63, 3.8) is 0 Å². The average molecular weight is 321 g/mol. The fraction of sp³-hybridized carbons (Fsp3) is 0.214. The first-order valence-corrected chi connectivity index (χ1v) is 7.85. The Labute approximate surface area is 131 Å². The first kappa shape index (κ1) is 15.5. The van der Waals surface area contributed by atoms with Gasteiger partial charge in [0.2, 0.25) is 5.13 Å². The number of hydrogen-bond donors (Lipinski definition) is 2. The van der Waals surface area contributed by atoms with Crippen LogP contribution in [0.4, 0.5) is 10.8 Å². The standard InChI is InChI=1S/C14H15N3O2S2/c1-8-6-4-5-7-11(8)15-13-16-17-14(21-13)20-12(9(2)18)10(3)19/h4-7,18H,1-3H3,(H,15,16)/b12-9-. The summed E-state index contributed by atoms with van der Waals surface area (Å²) in [7, 11) is 0. The van der Waals surface area contributed by atoms with Crippen LogP contribution in [0.2, 0.25) is 0 Å². The maximum Gasteiger partial charge on any atom is 0.210 e. The van der Waals surface area contributed by atoms with Gasteiger partial charge in [-0.25, -0.2) is 0 Å². The largest absolute Gasteiger partial charge is 0.511 e. The van der Waals surface area contributed by atoms with E-state index >= 15 is 0 Å². The Kier molecular flexibility index (Phi) is 4.98. The summed E-state index contributed by atoms with van der Waals surface area (Å²) < 4.78 is 0.602. The molecule has 2 aromatic rings. The molecule has 5 nitrogen and oxygen atoms in total. The number of ketones is 1. The van der Waals surface area contributed by atoms with E-state index in [0.29, 0.717) is 9.47 Å². The van der Waals surface area contributed by atoms with Crippen molar-refractivity contribution >= 4 is 39.7 Å². The number of para-hydroxylation sites is 1. The van der Waals surface area contributed by atoms with Gasteiger partial charge >= 0.3 is 0 Å². The molecule has 7 heteroatoms. The first-order valence-electron chi connectivity index (χ1n) is 6.22. The highest BCUT2D eigenvalue weighted by atomic mass is 32.2. The van der Waals surface area contributed by atoms with E-state index in [0.717, 1.165) is 23.0 Å². The van der Waals surface area contributed by atoms with Crippen LogP contribution in [0, 0.1) is 6.92 Å². The lowest BCUT2D eigenvalue weighted by molar-refractivity contribution is -0.113. The minimum Gasteiger partial charge on any atom is -0.511 e. The van der Waals surface area contributed by atoms with Crippen LogP contribution < -0.4 is 5.32 Å². The zero-order chi connectivity index (χ0) is 15.4. The number of Topliss-reactive ketones (excluding diaryl/α,β-unsaturated/α-hetero) is 1. The number of hydrogen-bond acceptors (Lipinski definition) is 7. The molecule has 1 heterocycles. The predicted molar refractivity (Wildman–Crippen MR) is 86.2 cm³/mol. The fourth-order valence-corrected chi connectivity index (χ4v) is 3.31. The molecule has 0 saturated carbocycles. The number of aromatic nitrogens is 2. The lowest BCUT2D eigenvalue weighted by Gasteiger charge is -2.04. The molecule has 0 bridgehead atoms. The molecular weight excluding hydrogens is 306 g/mol. The summed E-state index contributed by atoms with van der Waals surface area (Å²) in [6.07, 6.45) is 0. The van der Waals surface area contributed by atoms with Gasteiger partial charge in [-0.3, -0.25) is 4.79 Å². The molecule has 0 aliphatic heterocycles. The quantitative estimate of drug-likeness (QED) is 0.491. The molecule has 2 rings (SSSR count). The van der Waals surface area contributed by atoms with Crippen molar-refractivity contribution in [2.24, 2.45) is 0 Å². The zero-order valence-electron chi connectivity index (χ0n) is 11.9. The number of nitrogens with one attached hydrogen (secondary N) is 1. The van der Waals surface area contributed by atoms with Gasteiger partial charge in [-0.2, -0.15) is 0 Å². The summed E-state index contributed by atoms with van der Waals surface area (Å²) in [4.78, 5) is 11.7. The molecule has 0 spiro atoms. The molecule has 1 aromatic heterocycles. The van der Waals surface area contributed by atoms with Crippen molar-refractivity contribution in [3.8, 4) is 0 Å². The lowest BCUT2D eigenvalue weighted by Crippen LogP contribution is -1.95. The van der Waals surface area contributed by atoms with Crippen molar-refractivity contribution in [2.75, 3.05) is 5.32 Å². The van der Waals surface area contributed by atoms with Gasteiger partial charge < -0.3 is 10.4 Å². The minimum atomic E-state index is -0.191. The van der Waals surface area contributed by atoms with Gasteiger partial charge in [0.1, 0.15) is 5.76 Å². The van der Waals surface area contributed by atoms with Crippen LogP contribution in [0.1, 0.15) is 19.4 Å². The highest BCUT2D eigenvalue weighted by Gasteiger charge is 2.14. The van der Waals surface area contributed by atoms with Crippen LogP contribution in [0.5, 0.6) is 0 Å². The lowest BCUT2D eigenvalue weighted by atomic mass is 10.2. The maximum atomic E-state index is 11.4. The number of carbonyl (C=O) groups excluding carboxylic acids is 1. The van der Waals surface area contributed by atoms with Crippen molar-refractivity contribution in [2.45, 2.75) is 25.1 Å². The number of aliphatic hydroxyl groups is 1.